The van der Waals surface area contributed by atoms with Gasteiger partial charge in [0, 0.05) is 11.6 Å². The topological polar surface area (TPSA) is 29.1 Å². The van der Waals surface area contributed by atoms with Crippen LogP contribution in [0.15, 0.2) is 78.9 Å². The highest BCUT2D eigenvalue weighted by atomic mass is 16.1. The summed E-state index contributed by atoms with van der Waals surface area (Å²) in [6, 6.07) is 26.8. The summed E-state index contributed by atoms with van der Waals surface area (Å²) in [4.78, 5) is 12.6. The van der Waals surface area contributed by atoms with Crippen molar-refractivity contribution in [2.45, 2.75) is 25.3 Å². The van der Waals surface area contributed by atoms with E-state index >= 15 is 0 Å². The molecule has 1 unspecified atom stereocenters. The van der Waals surface area contributed by atoms with Crippen LogP contribution in [0.1, 0.15) is 27.9 Å². The van der Waals surface area contributed by atoms with Crippen molar-refractivity contribution in [1.29, 1.82) is 0 Å². The summed E-state index contributed by atoms with van der Waals surface area (Å²) in [5, 5.41) is 3.20. The maximum Gasteiger partial charge on any atom is 0.251 e. The lowest BCUT2D eigenvalue weighted by atomic mass is 9.88. The van der Waals surface area contributed by atoms with Crippen molar-refractivity contribution in [2.75, 3.05) is 0 Å². The van der Waals surface area contributed by atoms with Gasteiger partial charge in [-0.3, -0.25) is 4.79 Å². The molecule has 2 nitrogen and oxygen atoms in total. The Morgan fingerprint density at radius 1 is 0.760 bits per heavy atom. The van der Waals surface area contributed by atoms with Gasteiger partial charge in [-0.1, -0.05) is 66.7 Å². The zero-order valence-corrected chi connectivity index (χ0v) is 14.1. The first-order valence-electron chi connectivity index (χ1n) is 8.83. The third-order valence-electron chi connectivity index (χ3n) is 4.94. The number of benzene rings is 3. The third kappa shape index (κ3) is 3.48. The van der Waals surface area contributed by atoms with E-state index in [1.54, 1.807) is 0 Å². The SMILES string of the molecule is O=C(NC1CCc2ccccc2C1)c1ccc(-c2ccccc2)cc1. The lowest BCUT2D eigenvalue weighted by molar-refractivity contribution is 0.0933. The zero-order valence-electron chi connectivity index (χ0n) is 14.1. The van der Waals surface area contributed by atoms with Crippen LogP contribution in [-0.2, 0) is 12.8 Å². The van der Waals surface area contributed by atoms with Crippen LogP contribution in [0.4, 0.5) is 0 Å². The van der Waals surface area contributed by atoms with Gasteiger partial charge in [0.25, 0.3) is 5.91 Å². The molecular weight excluding hydrogens is 306 g/mol. The lowest BCUT2D eigenvalue weighted by Gasteiger charge is -2.25. The molecule has 4 rings (SSSR count). The Kier molecular flexibility index (Phi) is 4.34. The van der Waals surface area contributed by atoms with Crippen molar-refractivity contribution in [2.24, 2.45) is 0 Å². The van der Waals surface area contributed by atoms with Gasteiger partial charge in [-0.15, -0.1) is 0 Å². The number of hydrogen-bond donors (Lipinski definition) is 1. The number of fused-ring (bicyclic) bond motifs is 1. The van der Waals surface area contributed by atoms with Crippen molar-refractivity contribution in [1.82, 2.24) is 5.32 Å². The molecule has 0 spiro atoms. The third-order valence-corrected chi connectivity index (χ3v) is 4.94. The molecule has 0 heterocycles. The maximum absolute atomic E-state index is 12.6. The van der Waals surface area contributed by atoms with Crippen LogP contribution in [0, 0.1) is 0 Å². The van der Waals surface area contributed by atoms with E-state index in [4.69, 9.17) is 0 Å². The van der Waals surface area contributed by atoms with Crippen LogP contribution >= 0.6 is 0 Å². The van der Waals surface area contributed by atoms with Crippen molar-refractivity contribution < 1.29 is 4.79 Å². The lowest BCUT2D eigenvalue weighted by Crippen LogP contribution is -2.38. The molecule has 0 aromatic heterocycles. The Balaban J connectivity index is 1.43. The first-order chi connectivity index (χ1) is 12.3. The molecule has 1 N–H and O–H groups in total. The van der Waals surface area contributed by atoms with Gasteiger partial charge >= 0.3 is 0 Å². The molecule has 3 aromatic carbocycles. The highest BCUT2D eigenvalue weighted by molar-refractivity contribution is 5.94. The first kappa shape index (κ1) is 15.6. The van der Waals surface area contributed by atoms with Crippen LogP contribution in [0.2, 0.25) is 0 Å². The van der Waals surface area contributed by atoms with Crippen molar-refractivity contribution in [3.8, 4) is 11.1 Å². The number of hydrogen-bond acceptors (Lipinski definition) is 1. The van der Waals surface area contributed by atoms with Crippen LogP contribution in [0.3, 0.4) is 0 Å². The molecule has 0 saturated carbocycles. The van der Waals surface area contributed by atoms with Gasteiger partial charge in [0.1, 0.15) is 0 Å². The van der Waals surface area contributed by atoms with Gasteiger partial charge in [-0.25, -0.2) is 0 Å². The molecule has 1 aliphatic rings. The fourth-order valence-electron chi connectivity index (χ4n) is 3.53. The molecule has 0 aliphatic heterocycles. The number of rotatable bonds is 3. The Morgan fingerprint density at radius 2 is 1.40 bits per heavy atom. The molecule has 1 aliphatic carbocycles. The number of carbonyl (C=O) groups excluding carboxylic acids is 1. The highest BCUT2D eigenvalue weighted by Crippen LogP contribution is 2.22. The van der Waals surface area contributed by atoms with Crippen LogP contribution in [-0.4, -0.2) is 11.9 Å². The minimum Gasteiger partial charge on any atom is -0.349 e. The first-order valence-corrected chi connectivity index (χ1v) is 8.83. The van der Waals surface area contributed by atoms with E-state index in [0.29, 0.717) is 0 Å². The van der Waals surface area contributed by atoms with Gasteiger partial charge < -0.3 is 5.32 Å². The fraction of sp³-hybridized carbons (Fsp3) is 0.174. The molecule has 0 radical (unpaired) electrons. The predicted octanol–water partition coefficient (Wildman–Crippen LogP) is 4.64. The minimum absolute atomic E-state index is 0.0176. The molecule has 1 amide bonds. The van der Waals surface area contributed by atoms with E-state index in [2.05, 4.69) is 41.7 Å². The summed E-state index contributed by atoms with van der Waals surface area (Å²) >= 11 is 0. The molecule has 124 valence electrons. The second kappa shape index (κ2) is 6.94. The highest BCUT2D eigenvalue weighted by Gasteiger charge is 2.20. The van der Waals surface area contributed by atoms with E-state index < -0.39 is 0 Å². The van der Waals surface area contributed by atoms with Crippen LogP contribution < -0.4 is 5.32 Å². The number of aryl methyl sites for hydroxylation is 1. The predicted molar refractivity (Wildman–Crippen MR) is 102 cm³/mol. The van der Waals surface area contributed by atoms with Gasteiger partial charge in [0.2, 0.25) is 0 Å². The van der Waals surface area contributed by atoms with Gasteiger partial charge in [0.15, 0.2) is 0 Å². The van der Waals surface area contributed by atoms with Crippen molar-refractivity contribution in [3.05, 3.63) is 95.6 Å². The average molecular weight is 327 g/mol. The van der Waals surface area contributed by atoms with E-state index in [0.717, 1.165) is 30.4 Å². The quantitative estimate of drug-likeness (QED) is 0.746. The molecule has 0 saturated heterocycles. The average Bonchev–Trinajstić information content (AvgIpc) is 2.69. The van der Waals surface area contributed by atoms with Gasteiger partial charge in [-0.2, -0.15) is 0 Å². The van der Waals surface area contributed by atoms with E-state index in [9.17, 15) is 4.79 Å². The Hall–Kier alpha value is -2.87. The molecule has 1 atom stereocenters. The Labute approximate surface area is 148 Å². The maximum atomic E-state index is 12.6. The molecule has 2 heteroatoms. The second-order valence-electron chi connectivity index (χ2n) is 6.63. The molecule has 25 heavy (non-hydrogen) atoms. The Bertz CT molecular complexity index is 868. The zero-order chi connectivity index (χ0) is 17.1. The summed E-state index contributed by atoms with van der Waals surface area (Å²) in [5.41, 5.74) is 5.79. The van der Waals surface area contributed by atoms with Crippen LogP contribution in [0.25, 0.3) is 11.1 Å². The molecular formula is C23H21NO. The molecule has 3 aromatic rings. The fourth-order valence-corrected chi connectivity index (χ4v) is 3.53. The van der Waals surface area contributed by atoms with Crippen molar-refractivity contribution >= 4 is 5.91 Å². The van der Waals surface area contributed by atoms with E-state index in [-0.39, 0.29) is 11.9 Å². The number of carbonyl (C=O) groups is 1. The minimum atomic E-state index is 0.0176. The molecule has 0 fully saturated rings. The van der Waals surface area contributed by atoms with E-state index in [1.807, 2.05) is 42.5 Å². The van der Waals surface area contributed by atoms with Gasteiger partial charge in [-0.05, 0) is 53.6 Å². The standard InChI is InChI=1S/C23H21NO/c25-23(24-22-15-14-18-8-4-5-9-21(18)16-22)20-12-10-19(11-13-20)17-6-2-1-3-7-17/h1-13,22H,14-16H2,(H,24,25). The smallest absolute Gasteiger partial charge is 0.251 e. The van der Waals surface area contributed by atoms with Crippen molar-refractivity contribution in [3.63, 3.8) is 0 Å². The normalized spacial score (nSPS) is 16.1. The summed E-state index contributed by atoms with van der Waals surface area (Å²) in [7, 11) is 0. The number of nitrogens with one attached hydrogen (secondary N) is 1. The molecule has 0 bridgehead atoms. The van der Waals surface area contributed by atoms with Gasteiger partial charge in [0.05, 0.1) is 0 Å². The summed E-state index contributed by atoms with van der Waals surface area (Å²) in [6.07, 6.45) is 2.96. The van der Waals surface area contributed by atoms with E-state index in [1.165, 1.54) is 16.7 Å². The summed E-state index contributed by atoms with van der Waals surface area (Å²) in [5.74, 6) is 0.0176. The Morgan fingerprint density at radius 3 is 2.16 bits per heavy atom. The second-order valence-corrected chi connectivity index (χ2v) is 6.63. The monoisotopic (exact) mass is 327 g/mol. The summed E-state index contributed by atoms with van der Waals surface area (Å²) in [6.45, 7) is 0. The largest absolute Gasteiger partial charge is 0.349 e. The van der Waals surface area contributed by atoms with Crippen LogP contribution in [0.5, 0.6) is 0 Å². The number of amides is 1. The summed E-state index contributed by atoms with van der Waals surface area (Å²) < 4.78 is 0.